The van der Waals surface area contributed by atoms with E-state index in [1.165, 1.54) is 16.7 Å². The number of nitrogens with zero attached hydrogens (tertiary/aromatic N) is 3. The van der Waals surface area contributed by atoms with Crippen LogP contribution in [-0.4, -0.2) is 29.3 Å². The minimum absolute atomic E-state index is 0. The van der Waals surface area contributed by atoms with Crippen molar-refractivity contribution in [1.82, 2.24) is 20.4 Å². The van der Waals surface area contributed by atoms with Gasteiger partial charge in [-0.1, -0.05) is 31.2 Å². The molecule has 2 heterocycles. The molecule has 0 spiro atoms. The van der Waals surface area contributed by atoms with Gasteiger partial charge in [-0.2, -0.15) is 16.4 Å². The second kappa shape index (κ2) is 11.1. The molecule has 1 atom stereocenters. The molecular weight excluding hydrogens is 469 g/mol. The Labute approximate surface area is 181 Å². The summed E-state index contributed by atoms with van der Waals surface area (Å²) >= 11 is 1.74. The standard InChI is InChI=1S/C20H25N5S.HI/c1-16(19-8-11-26-15-19)12-22-20(21-2)23-13-17-6-3-4-7-18(17)14-25-10-5-9-24-25;/h3-11,15-16H,12-14H2,1-2H3,(H2,21,22,23);1H. The van der Waals surface area contributed by atoms with Crippen molar-refractivity contribution in [2.75, 3.05) is 13.6 Å². The van der Waals surface area contributed by atoms with Crippen molar-refractivity contribution in [2.45, 2.75) is 25.9 Å². The van der Waals surface area contributed by atoms with E-state index < -0.39 is 0 Å². The first-order valence-corrected chi connectivity index (χ1v) is 9.71. The number of guanidine groups is 1. The number of hydrogen-bond acceptors (Lipinski definition) is 3. The van der Waals surface area contributed by atoms with Crippen LogP contribution in [0.5, 0.6) is 0 Å². The van der Waals surface area contributed by atoms with Crippen LogP contribution in [0.3, 0.4) is 0 Å². The molecule has 5 nitrogen and oxygen atoms in total. The molecule has 0 saturated carbocycles. The molecule has 27 heavy (non-hydrogen) atoms. The van der Waals surface area contributed by atoms with Gasteiger partial charge in [-0.05, 0) is 45.5 Å². The van der Waals surface area contributed by atoms with E-state index in [4.69, 9.17) is 0 Å². The Morgan fingerprint density at radius 2 is 2.00 bits per heavy atom. The zero-order valence-corrected chi connectivity index (χ0v) is 18.8. The van der Waals surface area contributed by atoms with Crippen LogP contribution in [0.1, 0.15) is 29.5 Å². The van der Waals surface area contributed by atoms with E-state index in [-0.39, 0.29) is 24.0 Å². The summed E-state index contributed by atoms with van der Waals surface area (Å²) in [6.45, 7) is 4.57. The number of aromatic nitrogens is 2. The summed E-state index contributed by atoms with van der Waals surface area (Å²) in [5.41, 5.74) is 3.87. The predicted octanol–water partition coefficient (Wildman–Crippen LogP) is 4.08. The van der Waals surface area contributed by atoms with E-state index in [2.05, 4.69) is 68.7 Å². The summed E-state index contributed by atoms with van der Waals surface area (Å²) in [6, 6.07) is 12.6. The summed E-state index contributed by atoms with van der Waals surface area (Å²) in [6.07, 6.45) is 3.79. The minimum Gasteiger partial charge on any atom is -0.356 e. The SMILES string of the molecule is CN=C(NCc1ccccc1Cn1cccn1)NCC(C)c1ccsc1.I. The van der Waals surface area contributed by atoms with Crippen molar-refractivity contribution in [1.29, 1.82) is 0 Å². The first-order valence-electron chi connectivity index (χ1n) is 8.77. The lowest BCUT2D eigenvalue weighted by Gasteiger charge is -2.16. The van der Waals surface area contributed by atoms with E-state index in [0.29, 0.717) is 5.92 Å². The van der Waals surface area contributed by atoms with Crippen LogP contribution in [0.2, 0.25) is 0 Å². The molecule has 0 amide bonds. The molecule has 1 unspecified atom stereocenters. The molecule has 0 aliphatic carbocycles. The van der Waals surface area contributed by atoms with Crippen LogP contribution in [0.4, 0.5) is 0 Å². The Kier molecular flexibility index (Phi) is 8.80. The molecule has 3 aromatic rings. The van der Waals surface area contributed by atoms with Crippen molar-refractivity contribution in [3.63, 3.8) is 0 Å². The lowest BCUT2D eigenvalue weighted by Crippen LogP contribution is -2.38. The lowest BCUT2D eigenvalue weighted by molar-refractivity contribution is 0.674. The van der Waals surface area contributed by atoms with Crippen LogP contribution in [-0.2, 0) is 13.1 Å². The minimum atomic E-state index is 0. The highest BCUT2D eigenvalue weighted by Gasteiger charge is 2.08. The van der Waals surface area contributed by atoms with Gasteiger partial charge in [0, 0.05) is 32.5 Å². The normalized spacial score (nSPS) is 12.3. The van der Waals surface area contributed by atoms with E-state index in [9.17, 15) is 0 Å². The van der Waals surface area contributed by atoms with Gasteiger partial charge in [0.1, 0.15) is 0 Å². The van der Waals surface area contributed by atoms with Gasteiger partial charge in [-0.3, -0.25) is 9.67 Å². The Morgan fingerprint density at radius 1 is 1.19 bits per heavy atom. The quantitative estimate of drug-likeness (QED) is 0.295. The van der Waals surface area contributed by atoms with Crippen molar-refractivity contribution >= 4 is 41.3 Å². The zero-order valence-electron chi connectivity index (χ0n) is 15.6. The van der Waals surface area contributed by atoms with E-state index >= 15 is 0 Å². The van der Waals surface area contributed by atoms with Gasteiger partial charge in [0.15, 0.2) is 5.96 Å². The molecule has 2 aromatic heterocycles. The number of halogens is 1. The second-order valence-corrected chi connectivity index (χ2v) is 7.02. The van der Waals surface area contributed by atoms with Crippen molar-refractivity contribution in [3.8, 4) is 0 Å². The average molecular weight is 495 g/mol. The molecule has 0 saturated heterocycles. The number of hydrogen-bond donors (Lipinski definition) is 2. The topological polar surface area (TPSA) is 54.2 Å². The Morgan fingerprint density at radius 3 is 2.67 bits per heavy atom. The summed E-state index contributed by atoms with van der Waals surface area (Å²) in [4.78, 5) is 4.34. The number of thiophene rings is 1. The summed E-state index contributed by atoms with van der Waals surface area (Å²) in [5.74, 6) is 1.27. The van der Waals surface area contributed by atoms with Crippen molar-refractivity contribution in [2.24, 2.45) is 4.99 Å². The third-order valence-electron chi connectivity index (χ3n) is 4.37. The van der Waals surface area contributed by atoms with E-state index in [1.54, 1.807) is 24.6 Å². The average Bonchev–Trinajstić information content (AvgIpc) is 3.37. The van der Waals surface area contributed by atoms with Gasteiger partial charge in [-0.25, -0.2) is 0 Å². The monoisotopic (exact) mass is 495 g/mol. The zero-order chi connectivity index (χ0) is 18.2. The Balaban J connectivity index is 0.00000261. The Hall–Kier alpha value is -1.87. The van der Waals surface area contributed by atoms with Crippen LogP contribution in [0.25, 0.3) is 0 Å². The van der Waals surface area contributed by atoms with Crippen LogP contribution >= 0.6 is 35.3 Å². The molecule has 0 aliphatic rings. The van der Waals surface area contributed by atoms with Crippen LogP contribution in [0.15, 0.2) is 64.5 Å². The summed E-state index contributed by atoms with van der Waals surface area (Å²) < 4.78 is 1.94. The van der Waals surface area contributed by atoms with Gasteiger partial charge in [-0.15, -0.1) is 24.0 Å². The van der Waals surface area contributed by atoms with Gasteiger partial charge in [0.2, 0.25) is 0 Å². The van der Waals surface area contributed by atoms with Crippen LogP contribution in [0, 0.1) is 0 Å². The molecule has 0 radical (unpaired) electrons. The van der Waals surface area contributed by atoms with Crippen molar-refractivity contribution < 1.29 is 0 Å². The number of nitrogens with one attached hydrogen (secondary N) is 2. The molecule has 2 N–H and O–H groups in total. The molecule has 3 rings (SSSR count). The number of aliphatic imine (C=N–C) groups is 1. The lowest BCUT2D eigenvalue weighted by atomic mass is 10.1. The predicted molar refractivity (Wildman–Crippen MR) is 124 cm³/mol. The molecule has 0 aliphatic heterocycles. The third-order valence-corrected chi connectivity index (χ3v) is 5.07. The van der Waals surface area contributed by atoms with E-state index in [1.807, 2.05) is 16.9 Å². The molecule has 0 bridgehead atoms. The molecular formula is C20H26IN5S. The van der Waals surface area contributed by atoms with Crippen molar-refractivity contribution in [3.05, 3.63) is 76.2 Å². The van der Waals surface area contributed by atoms with Gasteiger partial charge < -0.3 is 10.6 Å². The van der Waals surface area contributed by atoms with Gasteiger partial charge in [0.25, 0.3) is 0 Å². The molecule has 0 fully saturated rings. The fourth-order valence-corrected chi connectivity index (χ4v) is 3.56. The fourth-order valence-electron chi connectivity index (χ4n) is 2.78. The highest BCUT2D eigenvalue weighted by Crippen LogP contribution is 2.17. The number of rotatable bonds is 7. The first kappa shape index (κ1) is 21.4. The molecule has 7 heteroatoms. The van der Waals surface area contributed by atoms with Gasteiger partial charge >= 0.3 is 0 Å². The summed E-state index contributed by atoms with van der Waals surface area (Å²) in [7, 11) is 1.81. The smallest absolute Gasteiger partial charge is 0.191 e. The molecule has 1 aromatic carbocycles. The molecule has 144 valence electrons. The first-order chi connectivity index (χ1) is 12.8. The summed E-state index contributed by atoms with van der Waals surface area (Å²) in [5, 5.41) is 15.5. The largest absolute Gasteiger partial charge is 0.356 e. The highest BCUT2D eigenvalue weighted by molar-refractivity contribution is 14.0. The second-order valence-electron chi connectivity index (χ2n) is 6.24. The highest BCUT2D eigenvalue weighted by atomic mass is 127. The Bertz CT molecular complexity index is 815. The fraction of sp³-hybridized carbons (Fsp3) is 0.300. The third kappa shape index (κ3) is 6.35. The maximum absolute atomic E-state index is 4.34. The number of benzene rings is 1. The maximum atomic E-state index is 4.34. The van der Waals surface area contributed by atoms with Crippen LogP contribution < -0.4 is 10.6 Å². The maximum Gasteiger partial charge on any atom is 0.191 e. The van der Waals surface area contributed by atoms with Gasteiger partial charge in [0.05, 0.1) is 6.54 Å². The van der Waals surface area contributed by atoms with E-state index in [0.717, 1.165) is 25.6 Å².